The molecule has 3 aromatic carbocycles. The quantitative estimate of drug-likeness (QED) is 0.356. The molecule has 0 fully saturated rings. The van der Waals surface area contributed by atoms with Crippen LogP contribution >= 0.6 is 22.8 Å². The zero-order valence-electron chi connectivity index (χ0n) is 15.2. The lowest BCUT2D eigenvalue weighted by Gasteiger charge is -2.36. The highest BCUT2D eigenvalue weighted by Crippen LogP contribution is 2.57. The fourth-order valence-corrected chi connectivity index (χ4v) is 6.48. The fourth-order valence-electron chi connectivity index (χ4n) is 3.42. The molecule has 0 spiro atoms. The first-order valence-corrected chi connectivity index (χ1v) is 12.2. The van der Waals surface area contributed by atoms with Crippen LogP contribution in [0.2, 0.25) is 0 Å². The zero-order valence-corrected chi connectivity index (χ0v) is 17.8. The van der Waals surface area contributed by atoms with Gasteiger partial charge < -0.3 is 0 Å². The Morgan fingerprint density at radius 1 is 0.846 bits per heavy atom. The van der Waals surface area contributed by atoms with Crippen molar-refractivity contribution >= 4 is 28.8 Å². The molecule has 132 valence electrons. The van der Waals surface area contributed by atoms with Crippen molar-refractivity contribution < 1.29 is 0 Å². The van der Waals surface area contributed by atoms with E-state index in [4.69, 9.17) is 0 Å². The van der Waals surface area contributed by atoms with Gasteiger partial charge in [0.05, 0.1) is 5.16 Å². The molecule has 0 bridgehead atoms. The molecule has 0 aromatic heterocycles. The van der Waals surface area contributed by atoms with Gasteiger partial charge in [-0.3, -0.25) is 0 Å². The highest BCUT2D eigenvalue weighted by atomic mass is 79.9. The summed E-state index contributed by atoms with van der Waals surface area (Å²) < 4.78 is 0. The molecule has 0 radical (unpaired) electrons. The van der Waals surface area contributed by atoms with Crippen molar-refractivity contribution in [3.63, 3.8) is 0 Å². The molecular formula is C24H24BrP. The lowest BCUT2D eigenvalue weighted by atomic mass is 9.81. The van der Waals surface area contributed by atoms with E-state index in [0.717, 1.165) is 6.42 Å². The van der Waals surface area contributed by atoms with E-state index in [2.05, 4.69) is 120 Å². The second-order valence-corrected chi connectivity index (χ2v) is 8.64. The van der Waals surface area contributed by atoms with Gasteiger partial charge >= 0.3 is 0 Å². The Balaban J connectivity index is 2.23. The molecule has 0 amide bonds. The summed E-state index contributed by atoms with van der Waals surface area (Å²) >= 11 is 3.90. The monoisotopic (exact) mass is 422 g/mol. The smallest absolute Gasteiger partial charge is 0.0625 e. The Morgan fingerprint density at radius 3 is 1.77 bits per heavy atom. The van der Waals surface area contributed by atoms with Gasteiger partial charge in [0, 0.05) is 0 Å². The summed E-state index contributed by atoms with van der Waals surface area (Å²) in [6, 6.07) is 30.5. The van der Waals surface area contributed by atoms with E-state index in [1.165, 1.54) is 27.8 Å². The molecule has 3 rings (SSSR count). The molecule has 0 saturated heterocycles. The van der Waals surface area contributed by atoms with Crippen molar-refractivity contribution in [2.24, 2.45) is 0 Å². The number of rotatable bonds is 6. The van der Waals surface area contributed by atoms with E-state index in [1.54, 1.807) is 0 Å². The van der Waals surface area contributed by atoms with Crippen molar-refractivity contribution in [3.05, 3.63) is 113 Å². The van der Waals surface area contributed by atoms with Crippen LogP contribution in [-0.2, 0) is 5.16 Å². The summed E-state index contributed by atoms with van der Waals surface area (Å²) in [7, 11) is 0.555. The third-order valence-corrected chi connectivity index (χ3v) is 7.80. The van der Waals surface area contributed by atoms with Gasteiger partial charge in [-0.2, -0.15) is 0 Å². The molecule has 3 aromatic rings. The fraction of sp³-hybridized carbons (Fsp3) is 0.167. The van der Waals surface area contributed by atoms with Gasteiger partial charge in [0.2, 0.25) is 0 Å². The van der Waals surface area contributed by atoms with Crippen LogP contribution in [0.1, 0.15) is 35.6 Å². The standard InChI is InChI=1S/C24H24BrP/c1-3-21(18-20-16-14-19(2)15-17-20)24(26-25,22-10-6-4-7-11-22)23-12-8-5-9-13-23/h4-18,26H,3H2,1-2H3/b21-18+. The first-order chi connectivity index (χ1) is 12.7. The minimum absolute atomic E-state index is 0.151. The molecule has 2 heteroatoms. The van der Waals surface area contributed by atoms with Crippen LogP contribution in [0.15, 0.2) is 90.5 Å². The number of halogens is 1. The van der Waals surface area contributed by atoms with Crippen LogP contribution < -0.4 is 0 Å². The van der Waals surface area contributed by atoms with Crippen molar-refractivity contribution in [3.8, 4) is 0 Å². The predicted octanol–water partition coefficient (Wildman–Crippen LogP) is 7.72. The predicted molar refractivity (Wildman–Crippen MR) is 120 cm³/mol. The largest absolute Gasteiger partial charge is 0.0685 e. The van der Waals surface area contributed by atoms with Crippen LogP contribution in [0, 0.1) is 6.92 Å². The number of hydrogen-bond acceptors (Lipinski definition) is 0. The van der Waals surface area contributed by atoms with Crippen molar-refractivity contribution in [1.29, 1.82) is 0 Å². The summed E-state index contributed by atoms with van der Waals surface area (Å²) in [5, 5.41) is -0.151. The second kappa shape index (κ2) is 8.80. The van der Waals surface area contributed by atoms with E-state index < -0.39 is 0 Å². The molecular weight excluding hydrogens is 399 g/mol. The number of aryl methyl sites for hydroxylation is 1. The first-order valence-electron chi connectivity index (χ1n) is 8.97. The molecule has 0 heterocycles. The Bertz CT molecular complexity index is 812. The molecule has 0 aliphatic heterocycles. The van der Waals surface area contributed by atoms with Gasteiger partial charge in [0.1, 0.15) is 0 Å². The highest BCUT2D eigenvalue weighted by molar-refractivity contribution is 9.36. The Hall–Kier alpha value is -1.69. The van der Waals surface area contributed by atoms with E-state index in [9.17, 15) is 0 Å². The summed E-state index contributed by atoms with van der Waals surface area (Å²) in [6.07, 6.45) is 3.37. The van der Waals surface area contributed by atoms with Gasteiger partial charge in [-0.25, -0.2) is 0 Å². The molecule has 0 aliphatic carbocycles. The zero-order chi connectivity index (χ0) is 18.4. The number of benzene rings is 3. The van der Waals surface area contributed by atoms with Crippen LogP contribution in [0.5, 0.6) is 0 Å². The van der Waals surface area contributed by atoms with Crippen LogP contribution in [0.4, 0.5) is 0 Å². The van der Waals surface area contributed by atoms with Gasteiger partial charge in [-0.1, -0.05) is 125 Å². The van der Waals surface area contributed by atoms with Crippen molar-refractivity contribution in [2.45, 2.75) is 25.4 Å². The lowest BCUT2D eigenvalue weighted by Crippen LogP contribution is -2.24. The summed E-state index contributed by atoms with van der Waals surface area (Å²) in [5.74, 6) is 0. The minimum atomic E-state index is -0.151. The second-order valence-electron chi connectivity index (χ2n) is 6.51. The van der Waals surface area contributed by atoms with Crippen molar-refractivity contribution in [1.82, 2.24) is 0 Å². The molecule has 0 N–H and O–H groups in total. The van der Waals surface area contributed by atoms with Gasteiger partial charge in [-0.05, 0) is 37.3 Å². The normalized spacial score (nSPS) is 12.7. The SMILES string of the molecule is CC/C(=C\c1ccc(C)cc1)C(PBr)(c1ccccc1)c1ccccc1. The van der Waals surface area contributed by atoms with Crippen LogP contribution in [0.25, 0.3) is 6.08 Å². The summed E-state index contributed by atoms with van der Waals surface area (Å²) in [5.41, 5.74) is 6.64. The minimum Gasteiger partial charge on any atom is -0.0625 e. The van der Waals surface area contributed by atoms with Crippen LogP contribution in [-0.4, -0.2) is 0 Å². The number of hydrogen-bond donors (Lipinski definition) is 0. The number of allylic oxidation sites excluding steroid dienone is 1. The third kappa shape index (κ3) is 3.85. The maximum absolute atomic E-state index is 3.90. The highest BCUT2D eigenvalue weighted by Gasteiger charge is 2.36. The third-order valence-electron chi connectivity index (χ3n) is 4.84. The van der Waals surface area contributed by atoms with E-state index in [0.29, 0.717) is 7.28 Å². The molecule has 0 aliphatic rings. The Kier molecular flexibility index (Phi) is 6.46. The van der Waals surface area contributed by atoms with Gasteiger partial charge in [0.25, 0.3) is 0 Å². The molecule has 26 heavy (non-hydrogen) atoms. The van der Waals surface area contributed by atoms with Crippen molar-refractivity contribution in [2.75, 3.05) is 0 Å². The Labute approximate surface area is 166 Å². The molecule has 1 atom stereocenters. The molecule has 0 saturated carbocycles. The average molecular weight is 423 g/mol. The summed E-state index contributed by atoms with van der Waals surface area (Å²) in [4.78, 5) is 0. The first kappa shape index (κ1) is 19.1. The average Bonchev–Trinajstić information content (AvgIpc) is 2.71. The Morgan fingerprint density at radius 2 is 1.35 bits per heavy atom. The van der Waals surface area contributed by atoms with Gasteiger partial charge in [0.15, 0.2) is 0 Å². The topological polar surface area (TPSA) is 0 Å². The lowest BCUT2D eigenvalue weighted by molar-refractivity contribution is 0.824. The maximum atomic E-state index is 3.90. The molecule has 1 unspecified atom stereocenters. The van der Waals surface area contributed by atoms with Crippen LogP contribution in [0.3, 0.4) is 0 Å². The van der Waals surface area contributed by atoms with Gasteiger partial charge in [-0.15, -0.1) is 0 Å². The maximum Gasteiger partial charge on any atom is 0.0685 e. The summed E-state index contributed by atoms with van der Waals surface area (Å²) in [6.45, 7) is 4.39. The van der Waals surface area contributed by atoms with E-state index in [1.807, 2.05) is 0 Å². The molecule has 0 nitrogen and oxygen atoms in total. The van der Waals surface area contributed by atoms with E-state index in [-0.39, 0.29) is 5.16 Å². The van der Waals surface area contributed by atoms with E-state index >= 15 is 0 Å².